The number of rotatable bonds is 7. The quantitative estimate of drug-likeness (QED) is 0.478. The van der Waals surface area contributed by atoms with Crippen molar-refractivity contribution >= 4 is 17.7 Å². The van der Waals surface area contributed by atoms with Gasteiger partial charge in [-0.2, -0.15) is 13.2 Å². The molecule has 2 aliphatic rings. The maximum atomic E-state index is 13.6. The maximum Gasteiger partial charge on any atom is 0.573 e. The number of hydrogen-bond donors (Lipinski definition) is 3. The molecule has 0 bridgehead atoms. The van der Waals surface area contributed by atoms with Gasteiger partial charge in [0.25, 0.3) is 5.91 Å². The number of ether oxygens (including phenoxy) is 1. The number of carbonyl (C=O) groups is 1. The monoisotopic (exact) mass is 513 g/mol. The number of nitrogens with one attached hydrogen (secondary N) is 2. The minimum absolute atomic E-state index is 0.240. The van der Waals surface area contributed by atoms with E-state index >= 15 is 0 Å². The van der Waals surface area contributed by atoms with E-state index in [2.05, 4.69) is 20.3 Å². The van der Waals surface area contributed by atoms with Gasteiger partial charge in [0.2, 0.25) is 0 Å². The Morgan fingerprint density at radius 2 is 1.94 bits per heavy atom. The van der Waals surface area contributed by atoms with Crippen molar-refractivity contribution < 1.29 is 41.0 Å². The van der Waals surface area contributed by atoms with E-state index in [1.54, 1.807) is 0 Å². The Morgan fingerprint density at radius 3 is 2.56 bits per heavy atom. The number of aliphatic hydroxyl groups is 1. The van der Waals surface area contributed by atoms with Crippen LogP contribution in [0.1, 0.15) is 37.8 Å². The van der Waals surface area contributed by atoms with E-state index < -0.39 is 46.2 Å². The number of thioether (sulfide) groups is 1. The van der Waals surface area contributed by atoms with E-state index in [1.807, 2.05) is 0 Å². The second-order valence-electron chi connectivity index (χ2n) is 8.13. The third kappa shape index (κ3) is 7.44. The van der Waals surface area contributed by atoms with Gasteiger partial charge in [0.1, 0.15) is 16.4 Å². The SMILES string of the molecule is CC(NC(=O)C1=C(C(F)(F)F)NC(CCN2CCC(O)CC2)S1)c1cccc(OC(F)(F)F)c1. The third-order valence-electron chi connectivity index (χ3n) is 5.49. The molecule has 13 heteroatoms. The maximum absolute atomic E-state index is 13.6. The molecule has 1 aromatic rings. The van der Waals surface area contributed by atoms with Crippen LogP contribution in [-0.2, 0) is 4.79 Å². The fraction of sp³-hybridized carbons (Fsp3) is 0.571. The van der Waals surface area contributed by atoms with Crippen LogP contribution in [0, 0.1) is 0 Å². The number of amides is 1. The van der Waals surface area contributed by atoms with Crippen molar-refractivity contribution in [2.75, 3.05) is 19.6 Å². The summed E-state index contributed by atoms with van der Waals surface area (Å²) < 4.78 is 81.9. The number of piperidine rings is 1. The highest BCUT2D eigenvalue weighted by Crippen LogP contribution is 2.40. The number of carbonyl (C=O) groups excluding carboxylic acids is 1. The van der Waals surface area contributed by atoms with Gasteiger partial charge in [0.05, 0.1) is 17.5 Å². The first-order valence-corrected chi connectivity index (χ1v) is 11.5. The standard InChI is InChI=1S/C21H25F6N3O3S/c1-12(13-3-2-4-15(11-13)33-21(25,26)27)28-19(32)17-18(20(22,23)24)29-16(34-17)7-10-30-8-5-14(31)6-9-30/h2-4,11-12,14,16,29,31H,5-10H2,1H3,(H,28,32). The molecule has 34 heavy (non-hydrogen) atoms. The van der Waals surface area contributed by atoms with Gasteiger partial charge in [-0.25, -0.2) is 0 Å². The highest BCUT2D eigenvalue weighted by molar-refractivity contribution is 8.04. The molecule has 190 valence electrons. The third-order valence-corrected chi connectivity index (χ3v) is 6.75. The zero-order valence-corrected chi connectivity index (χ0v) is 19.0. The Balaban J connectivity index is 1.63. The first-order chi connectivity index (χ1) is 15.8. The van der Waals surface area contributed by atoms with Crippen LogP contribution in [0.25, 0.3) is 0 Å². The van der Waals surface area contributed by atoms with Crippen LogP contribution in [0.2, 0.25) is 0 Å². The van der Waals surface area contributed by atoms with Crippen molar-refractivity contribution in [3.8, 4) is 5.75 Å². The van der Waals surface area contributed by atoms with Gasteiger partial charge in [-0.1, -0.05) is 23.9 Å². The first-order valence-electron chi connectivity index (χ1n) is 10.6. The molecular formula is C21H25F6N3O3S. The van der Waals surface area contributed by atoms with Gasteiger partial charge in [-0.3, -0.25) is 4.79 Å². The van der Waals surface area contributed by atoms with Gasteiger partial charge >= 0.3 is 12.5 Å². The molecule has 3 N–H and O–H groups in total. The molecule has 0 saturated carbocycles. The highest BCUT2D eigenvalue weighted by Gasteiger charge is 2.44. The molecule has 2 atom stereocenters. The van der Waals surface area contributed by atoms with Crippen LogP contribution >= 0.6 is 11.8 Å². The molecule has 0 aliphatic carbocycles. The topological polar surface area (TPSA) is 73.8 Å². The Kier molecular flexibility index (Phi) is 8.30. The number of alkyl halides is 6. The molecule has 0 radical (unpaired) electrons. The lowest BCUT2D eigenvalue weighted by molar-refractivity contribution is -0.274. The molecular weight excluding hydrogens is 488 g/mol. The molecule has 2 unspecified atom stereocenters. The lowest BCUT2D eigenvalue weighted by Crippen LogP contribution is -2.38. The Labute approximate surface area is 196 Å². The van der Waals surface area contributed by atoms with Gasteiger partial charge in [0.15, 0.2) is 0 Å². The zero-order chi connectivity index (χ0) is 25.1. The fourth-order valence-electron chi connectivity index (χ4n) is 3.74. The first kappa shape index (κ1) is 26.5. The number of aliphatic hydroxyl groups excluding tert-OH is 1. The molecule has 0 spiro atoms. The average Bonchev–Trinajstić information content (AvgIpc) is 3.17. The van der Waals surface area contributed by atoms with Crippen LogP contribution < -0.4 is 15.4 Å². The van der Waals surface area contributed by atoms with Gasteiger partial charge < -0.3 is 25.4 Å². The summed E-state index contributed by atoms with van der Waals surface area (Å²) in [5, 5.41) is 13.7. The Bertz CT molecular complexity index is 900. The average molecular weight is 514 g/mol. The highest BCUT2D eigenvalue weighted by atomic mass is 32.2. The smallest absolute Gasteiger partial charge is 0.406 e. The number of benzene rings is 1. The summed E-state index contributed by atoms with van der Waals surface area (Å²) in [6, 6.07) is 4.01. The summed E-state index contributed by atoms with van der Waals surface area (Å²) in [5.41, 5.74) is -0.889. The van der Waals surface area contributed by atoms with Crippen LogP contribution in [0.4, 0.5) is 26.3 Å². The summed E-state index contributed by atoms with van der Waals surface area (Å²) in [7, 11) is 0. The Hall–Kier alpha value is -2.12. The predicted molar refractivity (Wildman–Crippen MR) is 114 cm³/mol. The van der Waals surface area contributed by atoms with Gasteiger partial charge in [0, 0.05) is 19.6 Å². The molecule has 2 aliphatic heterocycles. The number of hydrogen-bond acceptors (Lipinski definition) is 6. The van der Waals surface area contributed by atoms with Crippen molar-refractivity contribution in [2.24, 2.45) is 0 Å². The Morgan fingerprint density at radius 1 is 1.26 bits per heavy atom. The molecule has 2 heterocycles. The number of nitrogens with zero attached hydrogens (tertiary/aromatic N) is 1. The van der Waals surface area contributed by atoms with Crippen LogP contribution in [0.15, 0.2) is 34.9 Å². The van der Waals surface area contributed by atoms with Crippen LogP contribution in [0.3, 0.4) is 0 Å². The lowest BCUT2D eigenvalue weighted by Gasteiger charge is -2.30. The summed E-state index contributed by atoms with van der Waals surface area (Å²) in [5.74, 6) is -1.47. The number of halogens is 6. The molecule has 6 nitrogen and oxygen atoms in total. The van der Waals surface area contributed by atoms with E-state index in [4.69, 9.17) is 0 Å². The molecule has 1 aromatic carbocycles. The van der Waals surface area contributed by atoms with E-state index in [0.29, 0.717) is 38.9 Å². The van der Waals surface area contributed by atoms with Crippen LogP contribution in [0.5, 0.6) is 5.75 Å². The lowest BCUT2D eigenvalue weighted by atomic mass is 10.1. The normalized spacial score (nSPS) is 21.4. The summed E-state index contributed by atoms with van der Waals surface area (Å²) in [4.78, 5) is 14.2. The van der Waals surface area contributed by atoms with Gasteiger partial charge in [-0.15, -0.1) is 13.2 Å². The van der Waals surface area contributed by atoms with Crippen molar-refractivity contribution in [3.05, 3.63) is 40.4 Å². The largest absolute Gasteiger partial charge is 0.573 e. The summed E-state index contributed by atoms with van der Waals surface area (Å²) in [6.45, 7) is 3.27. The zero-order valence-electron chi connectivity index (χ0n) is 18.2. The minimum Gasteiger partial charge on any atom is -0.406 e. The van der Waals surface area contributed by atoms with Crippen molar-refractivity contribution in [1.82, 2.24) is 15.5 Å². The van der Waals surface area contributed by atoms with E-state index in [1.165, 1.54) is 19.1 Å². The number of allylic oxidation sites excluding steroid dienone is 1. The van der Waals surface area contributed by atoms with Gasteiger partial charge in [-0.05, 0) is 43.9 Å². The van der Waals surface area contributed by atoms with E-state index in [0.717, 1.165) is 23.9 Å². The minimum atomic E-state index is -4.90. The number of likely N-dealkylation sites (tertiary alicyclic amines) is 1. The van der Waals surface area contributed by atoms with E-state index in [9.17, 15) is 36.2 Å². The molecule has 0 aromatic heterocycles. The second kappa shape index (κ2) is 10.6. The van der Waals surface area contributed by atoms with Crippen molar-refractivity contribution in [3.63, 3.8) is 0 Å². The van der Waals surface area contributed by atoms with Crippen LogP contribution in [-0.4, -0.2) is 59.6 Å². The van der Waals surface area contributed by atoms with E-state index in [-0.39, 0.29) is 11.7 Å². The van der Waals surface area contributed by atoms with Crippen molar-refractivity contribution in [1.29, 1.82) is 0 Å². The molecule has 1 fully saturated rings. The second-order valence-corrected chi connectivity index (χ2v) is 9.34. The summed E-state index contributed by atoms with van der Waals surface area (Å²) >= 11 is 0.778. The molecule has 3 rings (SSSR count). The predicted octanol–water partition coefficient (Wildman–Crippen LogP) is 4.05. The fourth-order valence-corrected chi connectivity index (χ4v) is 4.88. The summed E-state index contributed by atoms with van der Waals surface area (Å²) in [6.07, 6.45) is -8.45. The molecule has 1 amide bonds. The van der Waals surface area contributed by atoms with Crippen molar-refractivity contribution in [2.45, 2.75) is 56.2 Å². The molecule has 1 saturated heterocycles.